The minimum absolute atomic E-state index is 0.105. The Morgan fingerprint density at radius 2 is 2.10 bits per heavy atom. The lowest BCUT2D eigenvalue weighted by Gasteiger charge is -2.03. The molecule has 1 unspecified atom stereocenters. The van der Waals surface area contributed by atoms with Crippen molar-refractivity contribution in [3.8, 4) is 0 Å². The van der Waals surface area contributed by atoms with Gasteiger partial charge in [-0.15, -0.1) is 11.6 Å². The molecule has 10 heavy (non-hydrogen) atoms. The molecule has 0 aromatic rings. The zero-order chi connectivity index (χ0) is 8.20. The first-order chi connectivity index (χ1) is 4.50. The van der Waals surface area contributed by atoms with Crippen molar-refractivity contribution in [2.75, 3.05) is 19.3 Å². The van der Waals surface area contributed by atoms with Gasteiger partial charge in [0.15, 0.2) is 9.84 Å². The number of halogens is 1. The molecule has 3 nitrogen and oxygen atoms in total. The number of nitrogens with one attached hydrogen (secondary N) is 1. The minimum Gasteiger partial charge on any atom is -0.319 e. The van der Waals surface area contributed by atoms with Crippen molar-refractivity contribution in [3.05, 3.63) is 0 Å². The molecule has 0 fully saturated rings. The number of hydrogen-bond acceptors (Lipinski definition) is 3. The molecule has 0 aliphatic rings. The first-order valence-electron chi connectivity index (χ1n) is 3.01. The van der Waals surface area contributed by atoms with Gasteiger partial charge in [0.2, 0.25) is 0 Å². The summed E-state index contributed by atoms with van der Waals surface area (Å²) in [4.78, 5) is 0. The van der Waals surface area contributed by atoms with E-state index in [0.717, 1.165) is 0 Å². The average Bonchev–Trinajstić information content (AvgIpc) is 1.84. The predicted octanol–water partition coefficient (Wildman–Crippen LogP) is 0.205. The molecule has 0 saturated carbocycles. The van der Waals surface area contributed by atoms with Gasteiger partial charge in [0.05, 0.1) is 5.75 Å². The van der Waals surface area contributed by atoms with Crippen LogP contribution in [0.15, 0.2) is 0 Å². The van der Waals surface area contributed by atoms with Crippen molar-refractivity contribution in [1.29, 1.82) is 0 Å². The van der Waals surface area contributed by atoms with E-state index < -0.39 is 14.5 Å². The fourth-order valence-corrected chi connectivity index (χ4v) is 1.49. The van der Waals surface area contributed by atoms with Gasteiger partial charge >= 0.3 is 0 Å². The van der Waals surface area contributed by atoms with E-state index in [1.807, 2.05) is 0 Å². The lowest BCUT2D eigenvalue weighted by molar-refractivity contribution is 0.592. The van der Waals surface area contributed by atoms with Crippen LogP contribution in [0.25, 0.3) is 0 Å². The molecular formula is C5H12ClNO2S. The Kier molecular flexibility index (Phi) is 4.24. The zero-order valence-corrected chi connectivity index (χ0v) is 7.67. The molecule has 0 heterocycles. The summed E-state index contributed by atoms with van der Waals surface area (Å²) in [7, 11) is -1.35. The van der Waals surface area contributed by atoms with Gasteiger partial charge in [-0.05, 0) is 14.0 Å². The standard InChI is InChI=1S/C5H12ClNO2S/c1-5(6)10(8,9)4-3-7-2/h5,7H,3-4H2,1-2H3. The van der Waals surface area contributed by atoms with Gasteiger partial charge in [0.1, 0.15) is 4.71 Å². The quantitative estimate of drug-likeness (QED) is 0.637. The van der Waals surface area contributed by atoms with Gasteiger partial charge in [-0.3, -0.25) is 0 Å². The molecule has 0 bridgehead atoms. The van der Waals surface area contributed by atoms with Crippen molar-refractivity contribution in [2.24, 2.45) is 0 Å². The smallest absolute Gasteiger partial charge is 0.168 e. The average molecular weight is 186 g/mol. The zero-order valence-electron chi connectivity index (χ0n) is 6.09. The number of sulfone groups is 1. The lowest BCUT2D eigenvalue weighted by Crippen LogP contribution is -2.23. The number of alkyl halides is 1. The lowest BCUT2D eigenvalue weighted by atomic mass is 10.8. The van der Waals surface area contributed by atoms with Gasteiger partial charge in [-0.1, -0.05) is 0 Å². The van der Waals surface area contributed by atoms with E-state index in [2.05, 4.69) is 5.32 Å². The summed E-state index contributed by atoms with van der Waals surface area (Å²) in [6.07, 6.45) is 0. The molecule has 0 rings (SSSR count). The Hall–Kier alpha value is 0.200. The van der Waals surface area contributed by atoms with Crippen LogP contribution in [0, 0.1) is 0 Å². The van der Waals surface area contributed by atoms with Crippen LogP contribution in [0.1, 0.15) is 6.92 Å². The Balaban J connectivity index is 3.90. The highest BCUT2D eigenvalue weighted by atomic mass is 35.5. The van der Waals surface area contributed by atoms with Crippen LogP contribution in [-0.4, -0.2) is 32.5 Å². The van der Waals surface area contributed by atoms with E-state index in [-0.39, 0.29) is 5.75 Å². The molecule has 0 aromatic carbocycles. The number of hydrogen-bond donors (Lipinski definition) is 1. The topological polar surface area (TPSA) is 46.2 Å². The molecule has 0 aromatic heterocycles. The highest BCUT2D eigenvalue weighted by Gasteiger charge is 2.16. The molecule has 0 aliphatic carbocycles. The first kappa shape index (κ1) is 10.2. The highest BCUT2D eigenvalue weighted by molar-refractivity contribution is 7.93. The molecule has 5 heteroatoms. The van der Waals surface area contributed by atoms with E-state index in [1.54, 1.807) is 7.05 Å². The van der Waals surface area contributed by atoms with Crippen LogP contribution in [0.2, 0.25) is 0 Å². The third-order valence-electron chi connectivity index (χ3n) is 1.13. The van der Waals surface area contributed by atoms with Crippen molar-refractivity contribution in [2.45, 2.75) is 11.6 Å². The summed E-state index contributed by atoms with van der Waals surface area (Å²) in [5.41, 5.74) is 0. The summed E-state index contributed by atoms with van der Waals surface area (Å²) in [5.74, 6) is 0.105. The summed E-state index contributed by atoms with van der Waals surface area (Å²) in [5, 5.41) is 2.74. The van der Waals surface area contributed by atoms with Gasteiger partial charge in [0.25, 0.3) is 0 Å². The van der Waals surface area contributed by atoms with Gasteiger partial charge in [0, 0.05) is 6.54 Å². The Bertz CT molecular complexity index is 176. The second kappa shape index (κ2) is 4.16. The minimum atomic E-state index is -3.06. The fraction of sp³-hybridized carbons (Fsp3) is 1.00. The van der Waals surface area contributed by atoms with Crippen LogP contribution >= 0.6 is 11.6 Å². The van der Waals surface area contributed by atoms with Crippen LogP contribution in [-0.2, 0) is 9.84 Å². The molecule has 0 spiro atoms. The maximum atomic E-state index is 10.9. The second-order valence-electron chi connectivity index (χ2n) is 2.01. The van der Waals surface area contributed by atoms with E-state index in [0.29, 0.717) is 6.54 Å². The van der Waals surface area contributed by atoms with Gasteiger partial charge < -0.3 is 5.32 Å². The highest BCUT2D eigenvalue weighted by Crippen LogP contribution is 2.04. The molecular weight excluding hydrogens is 174 g/mol. The molecule has 0 aliphatic heterocycles. The third kappa shape index (κ3) is 3.39. The maximum Gasteiger partial charge on any atom is 0.168 e. The molecule has 0 saturated heterocycles. The molecule has 62 valence electrons. The van der Waals surface area contributed by atoms with Gasteiger partial charge in [-0.2, -0.15) is 0 Å². The SMILES string of the molecule is CNCCS(=O)(=O)C(C)Cl. The van der Waals surface area contributed by atoms with Gasteiger partial charge in [-0.25, -0.2) is 8.42 Å². The Morgan fingerprint density at radius 3 is 2.40 bits per heavy atom. The van der Waals surface area contributed by atoms with Crippen molar-refractivity contribution < 1.29 is 8.42 Å². The van der Waals surface area contributed by atoms with Crippen LogP contribution < -0.4 is 5.32 Å². The van der Waals surface area contributed by atoms with E-state index >= 15 is 0 Å². The van der Waals surface area contributed by atoms with E-state index in [1.165, 1.54) is 6.92 Å². The summed E-state index contributed by atoms with van der Waals surface area (Å²) in [6, 6.07) is 0. The monoisotopic (exact) mass is 185 g/mol. The van der Waals surface area contributed by atoms with E-state index in [9.17, 15) is 8.42 Å². The van der Waals surface area contributed by atoms with E-state index in [4.69, 9.17) is 11.6 Å². The maximum absolute atomic E-state index is 10.9. The van der Waals surface area contributed by atoms with Crippen molar-refractivity contribution >= 4 is 21.4 Å². The van der Waals surface area contributed by atoms with Crippen molar-refractivity contribution in [3.63, 3.8) is 0 Å². The largest absolute Gasteiger partial charge is 0.319 e. The summed E-state index contributed by atoms with van der Waals surface area (Å²) in [6.45, 7) is 1.92. The van der Waals surface area contributed by atoms with Crippen LogP contribution in [0.4, 0.5) is 0 Å². The molecule has 0 amide bonds. The Morgan fingerprint density at radius 1 is 1.60 bits per heavy atom. The molecule has 1 N–H and O–H groups in total. The second-order valence-corrected chi connectivity index (χ2v) is 5.37. The Labute approximate surface area is 66.7 Å². The third-order valence-corrected chi connectivity index (χ3v) is 3.71. The van der Waals surface area contributed by atoms with Crippen molar-refractivity contribution in [1.82, 2.24) is 5.32 Å². The molecule has 1 atom stereocenters. The normalized spacial score (nSPS) is 15.1. The summed E-state index contributed by atoms with van der Waals surface area (Å²) >= 11 is 5.39. The number of rotatable bonds is 4. The van der Waals surface area contributed by atoms with Crippen LogP contribution in [0.3, 0.4) is 0 Å². The summed E-state index contributed by atoms with van der Waals surface area (Å²) < 4.78 is 21.1. The predicted molar refractivity (Wildman–Crippen MR) is 43.0 cm³/mol. The fourth-order valence-electron chi connectivity index (χ4n) is 0.407. The van der Waals surface area contributed by atoms with Crippen LogP contribution in [0.5, 0.6) is 0 Å². The first-order valence-corrected chi connectivity index (χ1v) is 5.16. The molecule has 0 radical (unpaired) electrons.